The summed E-state index contributed by atoms with van der Waals surface area (Å²) in [5.74, 6) is -0.0712. The summed E-state index contributed by atoms with van der Waals surface area (Å²) in [6.45, 7) is 6.36. The molecule has 0 aliphatic carbocycles. The minimum Gasteiger partial charge on any atom is -0.396 e. The van der Waals surface area contributed by atoms with Crippen LogP contribution in [0.4, 0.5) is 0 Å². The molecule has 1 heterocycles. The van der Waals surface area contributed by atoms with Crippen molar-refractivity contribution in [2.45, 2.75) is 20.8 Å². The number of aliphatic hydroxyl groups is 1. The van der Waals surface area contributed by atoms with Crippen molar-refractivity contribution in [2.75, 3.05) is 13.2 Å². The van der Waals surface area contributed by atoms with Crippen molar-refractivity contribution in [1.82, 2.24) is 15.1 Å². The first kappa shape index (κ1) is 15.3. The molecule has 0 spiro atoms. The van der Waals surface area contributed by atoms with Crippen molar-refractivity contribution < 1.29 is 9.90 Å². The number of nitrogens with one attached hydrogen (secondary N) is 1. The molecule has 21 heavy (non-hydrogen) atoms. The van der Waals surface area contributed by atoms with Gasteiger partial charge in [-0.2, -0.15) is 5.10 Å². The van der Waals surface area contributed by atoms with Crippen LogP contribution in [0.5, 0.6) is 0 Å². The Morgan fingerprint density at radius 1 is 1.33 bits per heavy atom. The van der Waals surface area contributed by atoms with Gasteiger partial charge in [0, 0.05) is 24.4 Å². The molecule has 5 nitrogen and oxygen atoms in total. The summed E-state index contributed by atoms with van der Waals surface area (Å²) in [6.07, 6.45) is 0. The van der Waals surface area contributed by atoms with E-state index in [4.69, 9.17) is 5.11 Å². The molecule has 0 aliphatic rings. The normalized spacial score (nSPS) is 12.2. The lowest BCUT2D eigenvalue weighted by Gasteiger charge is -2.10. The molecule has 2 aromatic rings. The number of hydrogen-bond acceptors (Lipinski definition) is 3. The van der Waals surface area contributed by atoms with Crippen LogP contribution in [-0.4, -0.2) is 33.9 Å². The molecule has 1 aromatic heterocycles. The van der Waals surface area contributed by atoms with Crippen LogP contribution in [0.1, 0.15) is 28.7 Å². The molecular weight excluding hydrogens is 266 g/mol. The highest BCUT2D eigenvalue weighted by molar-refractivity contribution is 5.94. The summed E-state index contributed by atoms with van der Waals surface area (Å²) in [5, 5.41) is 16.2. The predicted octanol–water partition coefficient (Wildman–Crippen LogP) is 1.85. The number of nitrogens with zero attached hydrogens (tertiary/aromatic N) is 2. The van der Waals surface area contributed by atoms with Crippen molar-refractivity contribution in [3.8, 4) is 5.69 Å². The smallest absolute Gasteiger partial charge is 0.251 e. The molecule has 2 rings (SSSR count). The van der Waals surface area contributed by atoms with Crippen molar-refractivity contribution >= 4 is 5.91 Å². The van der Waals surface area contributed by atoms with E-state index in [0.29, 0.717) is 12.1 Å². The number of carbonyl (C=O) groups is 1. The van der Waals surface area contributed by atoms with E-state index in [2.05, 4.69) is 10.4 Å². The molecule has 1 aromatic carbocycles. The summed E-state index contributed by atoms with van der Waals surface area (Å²) in [5.41, 5.74) is 3.56. The molecule has 1 unspecified atom stereocenters. The van der Waals surface area contributed by atoms with Crippen molar-refractivity contribution in [3.05, 3.63) is 47.3 Å². The highest BCUT2D eigenvalue weighted by atomic mass is 16.3. The Balaban J connectivity index is 2.08. The summed E-state index contributed by atoms with van der Waals surface area (Å²) in [6, 6.07) is 9.33. The summed E-state index contributed by atoms with van der Waals surface area (Å²) in [4.78, 5) is 12.0. The lowest BCUT2D eigenvalue weighted by molar-refractivity contribution is 0.0942. The number of rotatable bonds is 5. The minimum atomic E-state index is -0.129. The van der Waals surface area contributed by atoms with E-state index in [9.17, 15) is 4.79 Å². The summed E-state index contributed by atoms with van der Waals surface area (Å²) >= 11 is 0. The van der Waals surface area contributed by atoms with Gasteiger partial charge in [0.15, 0.2) is 0 Å². The van der Waals surface area contributed by atoms with Gasteiger partial charge in [0.2, 0.25) is 0 Å². The third-order valence-electron chi connectivity index (χ3n) is 3.31. The quantitative estimate of drug-likeness (QED) is 0.882. The fourth-order valence-corrected chi connectivity index (χ4v) is 2.08. The van der Waals surface area contributed by atoms with Crippen molar-refractivity contribution in [2.24, 2.45) is 5.92 Å². The third-order valence-corrected chi connectivity index (χ3v) is 3.31. The SMILES string of the molecule is Cc1cc(C)n(-c2ccc(C(=O)NCC(C)CO)cc2)n1. The highest BCUT2D eigenvalue weighted by Gasteiger charge is 2.09. The molecular formula is C16H21N3O2. The Labute approximate surface area is 124 Å². The minimum absolute atomic E-state index is 0.0583. The zero-order chi connectivity index (χ0) is 15.4. The number of aryl methyl sites for hydroxylation is 2. The number of amides is 1. The lowest BCUT2D eigenvalue weighted by Crippen LogP contribution is -2.29. The maximum Gasteiger partial charge on any atom is 0.251 e. The topological polar surface area (TPSA) is 67.2 Å². The fourth-order valence-electron chi connectivity index (χ4n) is 2.08. The van der Waals surface area contributed by atoms with Gasteiger partial charge in [0.05, 0.1) is 11.4 Å². The predicted molar refractivity (Wildman–Crippen MR) is 81.6 cm³/mol. The van der Waals surface area contributed by atoms with Gasteiger partial charge in [-0.1, -0.05) is 6.92 Å². The largest absolute Gasteiger partial charge is 0.396 e. The lowest BCUT2D eigenvalue weighted by atomic mass is 10.1. The molecule has 0 aliphatic heterocycles. The maximum atomic E-state index is 12.0. The van der Waals surface area contributed by atoms with Gasteiger partial charge in [-0.3, -0.25) is 4.79 Å². The van der Waals surface area contributed by atoms with E-state index >= 15 is 0 Å². The first-order chi connectivity index (χ1) is 10.0. The van der Waals surface area contributed by atoms with Crippen LogP contribution in [0.3, 0.4) is 0 Å². The number of aliphatic hydroxyl groups excluding tert-OH is 1. The molecule has 0 bridgehead atoms. The van der Waals surface area contributed by atoms with Gasteiger partial charge < -0.3 is 10.4 Å². The second-order valence-corrected chi connectivity index (χ2v) is 5.38. The van der Waals surface area contributed by atoms with Crippen LogP contribution in [-0.2, 0) is 0 Å². The van der Waals surface area contributed by atoms with E-state index in [-0.39, 0.29) is 18.4 Å². The van der Waals surface area contributed by atoms with Crippen LogP contribution in [0.2, 0.25) is 0 Å². The van der Waals surface area contributed by atoms with E-state index in [0.717, 1.165) is 17.1 Å². The van der Waals surface area contributed by atoms with Crippen molar-refractivity contribution in [3.63, 3.8) is 0 Å². The van der Waals surface area contributed by atoms with Gasteiger partial charge >= 0.3 is 0 Å². The number of hydrogen-bond donors (Lipinski definition) is 2. The summed E-state index contributed by atoms with van der Waals surface area (Å²) in [7, 11) is 0. The Morgan fingerprint density at radius 3 is 2.52 bits per heavy atom. The van der Waals surface area contributed by atoms with Crippen LogP contribution >= 0.6 is 0 Å². The molecule has 1 amide bonds. The Hall–Kier alpha value is -2.14. The third kappa shape index (κ3) is 3.70. The Kier molecular flexibility index (Phi) is 4.75. The average molecular weight is 287 g/mol. The van der Waals surface area contributed by atoms with Crippen LogP contribution < -0.4 is 5.32 Å². The van der Waals surface area contributed by atoms with Gasteiger partial charge in [0.1, 0.15) is 0 Å². The molecule has 0 saturated carbocycles. The second-order valence-electron chi connectivity index (χ2n) is 5.38. The van der Waals surface area contributed by atoms with E-state index in [1.54, 1.807) is 12.1 Å². The van der Waals surface area contributed by atoms with Crippen LogP contribution in [0.25, 0.3) is 5.69 Å². The van der Waals surface area contributed by atoms with E-state index in [1.165, 1.54) is 0 Å². The van der Waals surface area contributed by atoms with Crippen molar-refractivity contribution in [1.29, 1.82) is 0 Å². The molecule has 2 N–H and O–H groups in total. The van der Waals surface area contributed by atoms with Crippen LogP contribution in [0, 0.1) is 19.8 Å². The monoisotopic (exact) mass is 287 g/mol. The second kappa shape index (κ2) is 6.54. The van der Waals surface area contributed by atoms with E-state index in [1.807, 2.05) is 43.7 Å². The fraction of sp³-hybridized carbons (Fsp3) is 0.375. The van der Waals surface area contributed by atoms with Gasteiger partial charge in [-0.25, -0.2) is 4.68 Å². The highest BCUT2D eigenvalue weighted by Crippen LogP contribution is 2.13. The molecule has 0 radical (unpaired) electrons. The molecule has 0 fully saturated rings. The molecule has 5 heteroatoms. The van der Waals surface area contributed by atoms with Gasteiger partial charge in [0.25, 0.3) is 5.91 Å². The number of aromatic nitrogens is 2. The zero-order valence-corrected chi connectivity index (χ0v) is 12.6. The molecule has 1 atom stereocenters. The van der Waals surface area contributed by atoms with E-state index < -0.39 is 0 Å². The standard InChI is InChI=1S/C16H21N3O2/c1-11(10-20)9-17-16(21)14-4-6-15(7-5-14)19-13(3)8-12(2)18-19/h4-8,11,20H,9-10H2,1-3H3,(H,17,21). The first-order valence-electron chi connectivity index (χ1n) is 7.04. The summed E-state index contributed by atoms with van der Waals surface area (Å²) < 4.78 is 1.85. The zero-order valence-electron chi connectivity index (χ0n) is 12.6. The Bertz CT molecular complexity index is 617. The average Bonchev–Trinajstić information content (AvgIpc) is 2.83. The molecule has 112 valence electrons. The number of carbonyl (C=O) groups excluding carboxylic acids is 1. The van der Waals surface area contributed by atoms with Gasteiger partial charge in [-0.15, -0.1) is 0 Å². The van der Waals surface area contributed by atoms with Crippen LogP contribution in [0.15, 0.2) is 30.3 Å². The number of benzene rings is 1. The molecule has 0 saturated heterocycles. The van der Waals surface area contributed by atoms with Gasteiger partial charge in [-0.05, 0) is 50.1 Å². The first-order valence-corrected chi connectivity index (χ1v) is 7.04. The maximum absolute atomic E-state index is 12.0. The Morgan fingerprint density at radius 2 is 2.00 bits per heavy atom.